The Labute approximate surface area is 175 Å². The van der Waals surface area contributed by atoms with Crippen LogP contribution in [0.1, 0.15) is 79.6 Å². The summed E-state index contributed by atoms with van der Waals surface area (Å²) >= 11 is 0. The maximum Gasteiger partial charge on any atom is 0.272 e. The molecule has 0 aliphatic rings. The minimum Gasteiger partial charge on any atom is -0.790 e. The van der Waals surface area contributed by atoms with Crippen LogP contribution >= 0.6 is 15.6 Å². The molecule has 9 heteroatoms. The standard InChI is InChI=1S/C20H38O7P2/c1-17(2)9-6-10-18(3)11-7-12-19(4)13-8-14-20(5)15-16-26-29(24,25)27-28(21,22)23/h9,11,15,19H,6-8,10,12-14,16H2,1-5H3,(H,24,25)(H2,21,22,23)/p-3/b18-11+,20-15+. The van der Waals surface area contributed by atoms with Crippen LogP contribution in [0.5, 0.6) is 0 Å². The second-order valence-corrected chi connectivity index (χ2v) is 10.5. The summed E-state index contributed by atoms with van der Waals surface area (Å²) < 4.78 is 29.2. The molecular formula is C20H35O7P2-3. The van der Waals surface area contributed by atoms with Crippen LogP contribution in [-0.4, -0.2) is 6.61 Å². The fourth-order valence-electron chi connectivity index (χ4n) is 2.70. The van der Waals surface area contributed by atoms with Crippen LogP contribution < -0.4 is 14.7 Å². The van der Waals surface area contributed by atoms with E-state index in [2.05, 4.69) is 48.7 Å². The van der Waals surface area contributed by atoms with E-state index in [1.807, 2.05) is 6.92 Å². The second kappa shape index (κ2) is 14.5. The monoisotopic (exact) mass is 449 g/mol. The molecular weight excluding hydrogens is 414 g/mol. The Hall–Kier alpha value is -0.520. The van der Waals surface area contributed by atoms with Crippen molar-refractivity contribution < 1.29 is 32.6 Å². The predicted octanol–water partition coefficient (Wildman–Crippen LogP) is 4.54. The summed E-state index contributed by atoms with van der Waals surface area (Å²) in [4.78, 5) is 31.8. The van der Waals surface area contributed by atoms with E-state index in [9.17, 15) is 23.8 Å². The average Bonchev–Trinajstić information content (AvgIpc) is 2.51. The molecule has 2 atom stereocenters. The molecule has 0 bridgehead atoms. The predicted molar refractivity (Wildman–Crippen MR) is 111 cm³/mol. The van der Waals surface area contributed by atoms with E-state index < -0.39 is 15.6 Å². The summed E-state index contributed by atoms with van der Waals surface area (Å²) in [5.41, 5.74) is 3.71. The van der Waals surface area contributed by atoms with Crippen molar-refractivity contribution in [1.29, 1.82) is 0 Å². The van der Waals surface area contributed by atoms with Crippen LogP contribution in [0, 0.1) is 5.92 Å². The van der Waals surface area contributed by atoms with Crippen molar-refractivity contribution in [3.05, 3.63) is 34.9 Å². The Bertz CT molecular complexity index is 658. The highest BCUT2D eigenvalue weighted by atomic mass is 31.3. The van der Waals surface area contributed by atoms with Gasteiger partial charge in [0.1, 0.15) is 0 Å². The van der Waals surface area contributed by atoms with Gasteiger partial charge in [0.25, 0.3) is 7.82 Å². The summed E-state index contributed by atoms with van der Waals surface area (Å²) in [6.45, 7) is 10.1. The third kappa shape index (κ3) is 19.2. The van der Waals surface area contributed by atoms with E-state index in [4.69, 9.17) is 0 Å². The van der Waals surface area contributed by atoms with Crippen LogP contribution in [-0.2, 0) is 18.0 Å². The molecule has 0 fully saturated rings. The van der Waals surface area contributed by atoms with Gasteiger partial charge in [0.15, 0.2) is 0 Å². The molecule has 0 saturated carbocycles. The van der Waals surface area contributed by atoms with Gasteiger partial charge < -0.3 is 23.8 Å². The summed E-state index contributed by atoms with van der Waals surface area (Å²) in [6.07, 6.45) is 13.3. The number of hydrogen-bond donors (Lipinski definition) is 0. The van der Waals surface area contributed by atoms with E-state index in [1.54, 1.807) is 0 Å². The zero-order valence-corrected chi connectivity index (χ0v) is 20.0. The lowest BCUT2D eigenvalue weighted by Gasteiger charge is -2.34. The molecule has 0 spiro atoms. The van der Waals surface area contributed by atoms with E-state index in [0.717, 1.165) is 50.5 Å². The lowest BCUT2D eigenvalue weighted by molar-refractivity contribution is -0.339. The van der Waals surface area contributed by atoms with E-state index >= 15 is 0 Å². The summed E-state index contributed by atoms with van der Waals surface area (Å²) in [7, 11) is -10.8. The number of phosphoric acid groups is 2. The van der Waals surface area contributed by atoms with Gasteiger partial charge in [0.05, 0.1) is 14.4 Å². The van der Waals surface area contributed by atoms with Crippen LogP contribution in [0.15, 0.2) is 34.9 Å². The van der Waals surface area contributed by atoms with Crippen molar-refractivity contribution in [2.45, 2.75) is 79.6 Å². The molecule has 0 N–H and O–H groups in total. The van der Waals surface area contributed by atoms with Gasteiger partial charge in [-0.25, -0.2) is 0 Å². The molecule has 0 aliphatic carbocycles. The highest BCUT2D eigenvalue weighted by molar-refractivity contribution is 7.58. The van der Waals surface area contributed by atoms with Crippen LogP contribution in [0.4, 0.5) is 0 Å². The van der Waals surface area contributed by atoms with Crippen molar-refractivity contribution in [3.63, 3.8) is 0 Å². The fraction of sp³-hybridized carbons (Fsp3) is 0.700. The molecule has 170 valence electrons. The first kappa shape index (κ1) is 28.5. The molecule has 0 rings (SSSR count). The summed E-state index contributed by atoms with van der Waals surface area (Å²) in [6, 6.07) is 0. The fourth-order valence-corrected chi connectivity index (χ4v) is 4.12. The first-order valence-electron chi connectivity index (χ1n) is 9.94. The molecule has 0 radical (unpaired) electrons. The summed E-state index contributed by atoms with van der Waals surface area (Å²) in [5.74, 6) is 0.597. The van der Waals surface area contributed by atoms with E-state index in [0.29, 0.717) is 5.92 Å². The molecule has 0 aliphatic heterocycles. The van der Waals surface area contributed by atoms with Gasteiger partial charge in [-0.05, 0) is 72.1 Å². The van der Waals surface area contributed by atoms with Gasteiger partial charge in [-0.15, -0.1) is 0 Å². The lowest BCUT2D eigenvalue weighted by Crippen LogP contribution is -2.19. The molecule has 0 saturated heterocycles. The van der Waals surface area contributed by atoms with Gasteiger partial charge in [-0.1, -0.05) is 48.3 Å². The van der Waals surface area contributed by atoms with E-state index in [-0.39, 0.29) is 6.61 Å². The molecule has 0 aromatic heterocycles. The zero-order chi connectivity index (χ0) is 22.5. The van der Waals surface area contributed by atoms with Crippen molar-refractivity contribution >= 4 is 15.6 Å². The third-order valence-corrected chi connectivity index (χ3v) is 6.44. The molecule has 7 nitrogen and oxygen atoms in total. The number of phosphoric ester groups is 1. The highest BCUT2D eigenvalue weighted by Gasteiger charge is 2.10. The quantitative estimate of drug-likeness (QED) is 0.266. The zero-order valence-electron chi connectivity index (χ0n) is 18.2. The van der Waals surface area contributed by atoms with Gasteiger partial charge in [0.2, 0.25) is 0 Å². The Balaban J connectivity index is 4.04. The normalized spacial score (nSPS) is 16.4. The molecule has 2 unspecified atom stereocenters. The van der Waals surface area contributed by atoms with Gasteiger partial charge >= 0.3 is 0 Å². The highest BCUT2D eigenvalue weighted by Crippen LogP contribution is 2.50. The first-order chi connectivity index (χ1) is 13.3. The third-order valence-electron chi connectivity index (χ3n) is 4.38. The minimum absolute atomic E-state index is 0.362. The van der Waals surface area contributed by atoms with Crippen molar-refractivity contribution in [2.24, 2.45) is 5.92 Å². The summed E-state index contributed by atoms with van der Waals surface area (Å²) in [5, 5.41) is 0. The Morgan fingerprint density at radius 3 is 2.10 bits per heavy atom. The van der Waals surface area contributed by atoms with Crippen molar-refractivity contribution in [2.75, 3.05) is 6.61 Å². The maximum absolute atomic E-state index is 11.1. The van der Waals surface area contributed by atoms with E-state index in [1.165, 1.54) is 17.2 Å². The number of allylic oxidation sites excluding steroid dienone is 5. The number of rotatable bonds is 15. The molecule has 0 aromatic carbocycles. The largest absolute Gasteiger partial charge is 0.790 e. The molecule has 0 heterocycles. The Morgan fingerprint density at radius 2 is 1.52 bits per heavy atom. The smallest absolute Gasteiger partial charge is 0.272 e. The Morgan fingerprint density at radius 1 is 0.897 bits per heavy atom. The van der Waals surface area contributed by atoms with Gasteiger partial charge in [-0.2, -0.15) is 0 Å². The second-order valence-electron chi connectivity index (χ2n) is 7.77. The average molecular weight is 449 g/mol. The Kier molecular flexibility index (Phi) is 14.2. The van der Waals surface area contributed by atoms with Crippen LogP contribution in [0.2, 0.25) is 0 Å². The van der Waals surface area contributed by atoms with Gasteiger partial charge in [-0.3, -0.25) is 8.88 Å². The van der Waals surface area contributed by atoms with Crippen LogP contribution in [0.3, 0.4) is 0 Å². The van der Waals surface area contributed by atoms with Crippen molar-refractivity contribution in [1.82, 2.24) is 0 Å². The number of hydrogen-bond acceptors (Lipinski definition) is 7. The van der Waals surface area contributed by atoms with Gasteiger partial charge in [0, 0.05) is 0 Å². The molecule has 0 amide bonds. The molecule has 0 aromatic rings. The maximum atomic E-state index is 11.1. The topological polar surface area (TPSA) is 122 Å². The first-order valence-corrected chi connectivity index (χ1v) is 12.9. The molecule has 29 heavy (non-hydrogen) atoms. The van der Waals surface area contributed by atoms with Crippen molar-refractivity contribution in [3.8, 4) is 0 Å². The SMILES string of the molecule is CC(C)=CCC/C(C)=C/CCC(C)CCC/C(C)=C/COP(=O)([O-])OP(=O)([O-])[O-]. The van der Waals surface area contributed by atoms with Crippen LogP contribution in [0.25, 0.3) is 0 Å². The minimum atomic E-state index is -5.63. The lowest BCUT2D eigenvalue weighted by atomic mass is 9.96.